The van der Waals surface area contributed by atoms with Gasteiger partial charge in [0, 0.05) is 4.75 Å². The van der Waals surface area contributed by atoms with Gasteiger partial charge in [0.1, 0.15) is 11.9 Å². The molecule has 0 aromatic carbocycles. The van der Waals surface area contributed by atoms with Crippen LogP contribution in [0.1, 0.15) is 31.1 Å². The molecule has 1 atom stereocenters. The average molecular weight is 277 g/mol. The van der Waals surface area contributed by atoms with Crippen LogP contribution in [0, 0.1) is 0 Å². The first-order valence-corrected chi connectivity index (χ1v) is 6.67. The van der Waals surface area contributed by atoms with Gasteiger partial charge < -0.3 is 9.52 Å². The number of thioether (sulfide) groups is 1. The summed E-state index contributed by atoms with van der Waals surface area (Å²) >= 11 is 5.12. The van der Waals surface area contributed by atoms with Crippen LogP contribution in [0.15, 0.2) is 21.2 Å². The van der Waals surface area contributed by atoms with Gasteiger partial charge in [-0.15, -0.1) is 0 Å². The molecule has 0 aliphatic heterocycles. The van der Waals surface area contributed by atoms with Crippen LogP contribution < -0.4 is 0 Å². The fraction of sp³-hybridized carbons (Fsp3) is 0.600. The van der Waals surface area contributed by atoms with E-state index in [2.05, 4.69) is 22.2 Å². The van der Waals surface area contributed by atoms with Gasteiger partial charge in [0.05, 0.1) is 10.7 Å². The van der Waals surface area contributed by atoms with Crippen molar-refractivity contribution in [3.05, 3.63) is 22.6 Å². The first-order valence-electron chi connectivity index (χ1n) is 4.66. The predicted octanol–water partition coefficient (Wildman–Crippen LogP) is 3.36. The molecule has 1 fully saturated rings. The fourth-order valence-electron chi connectivity index (χ4n) is 1.85. The molecule has 1 saturated carbocycles. The van der Waals surface area contributed by atoms with E-state index in [0.29, 0.717) is 5.76 Å². The lowest BCUT2D eigenvalue weighted by molar-refractivity contribution is 0.0676. The van der Waals surface area contributed by atoms with Gasteiger partial charge in [-0.2, -0.15) is 11.8 Å². The summed E-state index contributed by atoms with van der Waals surface area (Å²) < 4.78 is 6.15. The number of furan rings is 1. The highest BCUT2D eigenvalue weighted by atomic mass is 79.9. The van der Waals surface area contributed by atoms with Crippen LogP contribution in [0.3, 0.4) is 0 Å². The van der Waals surface area contributed by atoms with Gasteiger partial charge >= 0.3 is 0 Å². The van der Waals surface area contributed by atoms with E-state index < -0.39 is 6.10 Å². The maximum absolute atomic E-state index is 10.2. The molecule has 1 aromatic heterocycles. The Hall–Kier alpha value is 0.0700. The molecule has 1 aliphatic rings. The summed E-state index contributed by atoms with van der Waals surface area (Å²) in [5.41, 5.74) is 0. The standard InChI is InChI=1S/C10H13BrO2S/c1-14-10(4-2-5-10)9(12)8-7(11)3-6-13-8/h3,6,9,12H,2,4-5H2,1H3. The van der Waals surface area contributed by atoms with Crippen LogP contribution in [-0.4, -0.2) is 16.1 Å². The molecule has 1 aliphatic carbocycles. The van der Waals surface area contributed by atoms with Gasteiger partial charge in [-0.3, -0.25) is 0 Å². The number of hydrogen-bond acceptors (Lipinski definition) is 3. The molecule has 0 amide bonds. The fourth-order valence-corrected chi connectivity index (χ4v) is 3.30. The molecule has 0 spiro atoms. The molecule has 14 heavy (non-hydrogen) atoms. The Balaban J connectivity index is 2.22. The molecular formula is C10H13BrO2S. The molecule has 0 saturated heterocycles. The van der Waals surface area contributed by atoms with Gasteiger partial charge in [0.15, 0.2) is 0 Å². The van der Waals surface area contributed by atoms with Gasteiger partial charge in [-0.1, -0.05) is 6.42 Å². The Bertz CT molecular complexity index is 314. The normalized spacial score (nSPS) is 21.6. The Morgan fingerprint density at radius 3 is 2.71 bits per heavy atom. The van der Waals surface area contributed by atoms with Crippen LogP contribution in [0.2, 0.25) is 0 Å². The lowest BCUT2D eigenvalue weighted by Gasteiger charge is -2.43. The molecule has 78 valence electrons. The van der Waals surface area contributed by atoms with E-state index in [0.717, 1.165) is 17.3 Å². The summed E-state index contributed by atoms with van der Waals surface area (Å²) in [7, 11) is 0. The van der Waals surface area contributed by atoms with Crippen molar-refractivity contribution in [3.8, 4) is 0 Å². The Morgan fingerprint density at radius 2 is 2.36 bits per heavy atom. The molecule has 2 nitrogen and oxygen atoms in total. The quantitative estimate of drug-likeness (QED) is 0.919. The zero-order valence-electron chi connectivity index (χ0n) is 8.00. The van der Waals surface area contributed by atoms with Crippen LogP contribution in [0.4, 0.5) is 0 Å². The van der Waals surface area contributed by atoms with Crippen molar-refractivity contribution >= 4 is 27.7 Å². The molecule has 2 rings (SSSR count). The Labute approximate surface area is 96.2 Å². The summed E-state index contributed by atoms with van der Waals surface area (Å²) in [4.78, 5) is 0. The summed E-state index contributed by atoms with van der Waals surface area (Å²) in [5, 5.41) is 10.2. The van der Waals surface area contributed by atoms with Crippen molar-refractivity contribution in [2.24, 2.45) is 0 Å². The zero-order valence-corrected chi connectivity index (χ0v) is 10.4. The average Bonchev–Trinajstić information content (AvgIpc) is 2.50. The lowest BCUT2D eigenvalue weighted by Crippen LogP contribution is -2.39. The predicted molar refractivity (Wildman–Crippen MR) is 61.5 cm³/mol. The minimum absolute atomic E-state index is 0.0135. The number of halogens is 1. The third kappa shape index (κ3) is 1.53. The van der Waals surface area contributed by atoms with Crippen LogP contribution in [0.5, 0.6) is 0 Å². The molecular weight excluding hydrogens is 264 g/mol. The summed E-state index contributed by atoms with van der Waals surface area (Å²) in [6.07, 6.45) is 6.52. The SMILES string of the molecule is CSC1(C(O)c2occc2Br)CCC1. The number of rotatable bonds is 3. The van der Waals surface area contributed by atoms with Crippen LogP contribution >= 0.6 is 27.7 Å². The highest BCUT2D eigenvalue weighted by Crippen LogP contribution is 2.52. The van der Waals surface area contributed by atoms with Crippen molar-refractivity contribution in [2.45, 2.75) is 30.1 Å². The summed E-state index contributed by atoms with van der Waals surface area (Å²) in [5.74, 6) is 0.666. The maximum atomic E-state index is 10.2. The van der Waals surface area contributed by atoms with E-state index in [1.54, 1.807) is 18.0 Å². The maximum Gasteiger partial charge on any atom is 0.147 e. The van der Waals surface area contributed by atoms with Gasteiger partial charge in [0.2, 0.25) is 0 Å². The molecule has 0 bridgehead atoms. The van der Waals surface area contributed by atoms with Crippen LogP contribution in [-0.2, 0) is 0 Å². The topological polar surface area (TPSA) is 33.4 Å². The first kappa shape index (κ1) is 10.6. The van der Waals surface area contributed by atoms with E-state index in [4.69, 9.17) is 4.42 Å². The third-order valence-corrected chi connectivity index (χ3v) is 5.10. The Morgan fingerprint density at radius 1 is 1.64 bits per heavy atom. The van der Waals surface area contributed by atoms with E-state index in [9.17, 15) is 5.11 Å². The number of aliphatic hydroxyl groups is 1. The van der Waals surface area contributed by atoms with Crippen molar-refractivity contribution < 1.29 is 9.52 Å². The van der Waals surface area contributed by atoms with Crippen molar-refractivity contribution in [1.82, 2.24) is 0 Å². The molecule has 4 heteroatoms. The van der Waals surface area contributed by atoms with E-state index in [1.807, 2.05) is 6.07 Å². The molecule has 1 unspecified atom stereocenters. The lowest BCUT2D eigenvalue weighted by atomic mass is 9.79. The van der Waals surface area contributed by atoms with Gasteiger partial charge in [0.25, 0.3) is 0 Å². The van der Waals surface area contributed by atoms with Crippen molar-refractivity contribution in [3.63, 3.8) is 0 Å². The van der Waals surface area contributed by atoms with E-state index in [1.165, 1.54) is 6.42 Å². The molecule has 0 radical (unpaired) electrons. The molecule has 1 aromatic rings. The first-order chi connectivity index (χ1) is 6.69. The van der Waals surface area contributed by atoms with E-state index in [-0.39, 0.29) is 4.75 Å². The minimum atomic E-state index is -0.490. The third-order valence-electron chi connectivity index (χ3n) is 3.00. The number of aliphatic hydroxyl groups excluding tert-OH is 1. The largest absolute Gasteiger partial charge is 0.465 e. The van der Waals surface area contributed by atoms with E-state index >= 15 is 0 Å². The summed E-state index contributed by atoms with van der Waals surface area (Å²) in [6, 6.07) is 1.82. The van der Waals surface area contributed by atoms with Gasteiger partial charge in [-0.25, -0.2) is 0 Å². The molecule has 1 heterocycles. The van der Waals surface area contributed by atoms with Crippen molar-refractivity contribution in [1.29, 1.82) is 0 Å². The second kappa shape index (κ2) is 3.91. The zero-order chi connectivity index (χ0) is 10.2. The molecule has 1 N–H and O–H groups in total. The van der Waals surface area contributed by atoms with Crippen molar-refractivity contribution in [2.75, 3.05) is 6.26 Å². The monoisotopic (exact) mass is 276 g/mol. The smallest absolute Gasteiger partial charge is 0.147 e. The van der Waals surface area contributed by atoms with Crippen LogP contribution in [0.25, 0.3) is 0 Å². The minimum Gasteiger partial charge on any atom is -0.465 e. The highest BCUT2D eigenvalue weighted by molar-refractivity contribution is 9.10. The summed E-state index contributed by atoms with van der Waals surface area (Å²) in [6.45, 7) is 0. The second-order valence-electron chi connectivity index (χ2n) is 3.66. The van der Waals surface area contributed by atoms with Gasteiger partial charge in [-0.05, 0) is 41.1 Å². The second-order valence-corrected chi connectivity index (χ2v) is 5.73. The highest BCUT2D eigenvalue weighted by Gasteiger charge is 2.45. The Kier molecular flexibility index (Phi) is 2.96. The number of hydrogen-bond donors (Lipinski definition) is 1.